The van der Waals surface area contributed by atoms with Crippen molar-refractivity contribution in [3.05, 3.63) is 0 Å². The SMILES string of the molecule is CC1CCC(N2CCC(C#N)C2)CC1. The van der Waals surface area contributed by atoms with E-state index < -0.39 is 0 Å². The van der Waals surface area contributed by atoms with E-state index in [-0.39, 0.29) is 0 Å². The predicted molar refractivity (Wildman–Crippen MR) is 56.7 cm³/mol. The van der Waals surface area contributed by atoms with Gasteiger partial charge in [-0.2, -0.15) is 5.26 Å². The summed E-state index contributed by atoms with van der Waals surface area (Å²) in [6, 6.07) is 3.20. The van der Waals surface area contributed by atoms with Crippen LogP contribution >= 0.6 is 0 Å². The molecule has 2 fully saturated rings. The average molecular weight is 192 g/mol. The summed E-state index contributed by atoms with van der Waals surface area (Å²) in [7, 11) is 0. The van der Waals surface area contributed by atoms with E-state index in [1.165, 1.54) is 25.7 Å². The van der Waals surface area contributed by atoms with Crippen molar-refractivity contribution in [2.45, 2.75) is 45.1 Å². The molecule has 1 saturated carbocycles. The number of likely N-dealkylation sites (tertiary alicyclic amines) is 1. The van der Waals surface area contributed by atoms with Crippen LogP contribution in [0.4, 0.5) is 0 Å². The van der Waals surface area contributed by atoms with Crippen molar-refractivity contribution in [2.75, 3.05) is 13.1 Å². The molecule has 0 N–H and O–H groups in total. The van der Waals surface area contributed by atoms with Gasteiger partial charge in [-0.1, -0.05) is 6.92 Å². The van der Waals surface area contributed by atoms with Crippen LogP contribution in [0.2, 0.25) is 0 Å². The van der Waals surface area contributed by atoms with Crippen LogP contribution in [0.3, 0.4) is 0 Å². The second-order valence-corrected chi connectivity index (χ2v) is 5.02. The monoisotopic (exact) mass is 192 g/mol. The van der Waals surface area contributed by atoms with Crippen molar-refractivity contribution < 1.29 is 0 Å². The van der Waals surface area contributed by atoms with Crippen molar-refractivity contribution in [1.29, 1.82) is 5.26 Å². The summed E-state index contributed by atoms with van der Waals surface area (Å²) in [6.07, 6.45) is 6.60. The van der Waals surface area contributed by atoms with Gasteiger partial charge in [0.25, 0.3) is 0 Å². The number of nitriles is 1. The van der Waals surface area contributed by atoms with Crippen LogP contribution < -0.4 is 0 Å². The molecule has 1 aliphatic carbocycles. The molecule has 2 heteroatoms. The molecule has 1 saturated heterocycles. The zero-order chi connectivity index (χ0) is 9.97. The Morgan fingerprint density at radius 2 is 1.86 bits per heavy atom. The first kappa shape index (κ1) is 9.98. The van der Waals surface area contributed by atoms with Gasteiger partial charge in [0.2, 0.25) is 0 Å². The second-order valence-electron chi connectivity index (χ2n) is 5.02. The van der Waals surface area contributed by atoms with Crippen LogP contribution in [0, 0.1) is 23.2 Å². The van der Waals surface area contributed by atoms with Gasteiger partial charge in [0.05, 0.1) is 12.0 Å². The third-order valence-corrected chi connectivity index (χ3v) is 3.90. The van der Waals surface area contributed by atoms with Gasteiger partial charge >= 0.3 is 0 Å². The quantitative estimate of drug-likeness (QED) is 0.638. The second kappa shape index (κ2) is 4.31. The molecule has 2 nitrogen and oxygen atoms in total. The Labute approximate surface area is 86.9 Å². The van der Waals surface area contributed by atoms with E-state index in [1.807, 2.05) is 0 Å². The lowest BCUT2D eigenvalue weighted by atomic mass is 9.87. The Balaban J connectivity index is 1.83. The maximum atomic E-state index is 8.85. The molecule has 1 unspecified atom stereocenters. The minimum atomic E-state index is 0.314. The third-order valence-electron chi connectivity index (χ3n) is 3.90. The molecular weight excluding hydrogens is 172 g/mol. The first-order chi connectivity index (χ1) is 6.79. The van der Waals surface area contributed by atoms with Crippen molar-refractivity contribution in [2.24, 2.45) is 11.8 Å². The number of nitrogens with zero attached hydrogens (tertiary/aromatic N) is 2. The Kier molecular flexibility index (Phi) is 3.08. The van der Waals surface area contributed by atoms with Gasteiger partial charge in [0.15, 0.2) is 0 Å². The van der Waals surface area contributed by atoms with Crippen LogP contribution in [0.1, 0.15) is 39.0 Å². The lowest BCUT2D eigenvalue weighted by Crippen LogP contribution is -2.36. The molecule has 0 spiro atoms. The first-order valence-corrected chi connectivity index (χ1v) is 5.93. The predicted octanol–water partition coefficient (Wildman–Crippen LogP) is 2.41. The molecule has 2 rings (SSSR count). The fourth-order valence-corrected chi connectivity index (χ4v) is 2.83. The summed E-state index contributed by atoms with van der Waals surface area (Å²) in [6.45, 7) is 4.56. The zero-order valence-corrected chi connectivity index (χ0v) is 9.08. The Morgan fingerprint density at radius 3 is 2.43 bits per heavy atom. The Morgan fingerprint density at radius 1 is 1.14 bits per heavy atom. The molecule has 1 heterocycles. The number of hydrogen-bond donors (Lipinski definition) is 0. The van der Waals surface area contributed by atoms with Gasteiger partial charge in [-0.05, 0) is 44.6 Å². The van der Waals surface area contributed by atoms with E-state index in [4.69, 9.17) is 5.26 Å². The molecule has 1 atom stereocenters. The molecular formula is C12H20N2. The molecule has 0 aromatic heterocycles. The van der Waals surface area contributed by atoms with Gasteiger partial charge in [-0.15, -0.1) is 0 Å². The van der Waals surface area contributed by atoms with Crippen molar-refractivity contribution in [3.63, 3.8) is 0 Å². The minimum absolute atomic E-state index is 0.314. The lowest BCUT2D eigenvalue weighted by molar-refractivity contribution is 0.167. The van der Waals surface area contributed by atoms with E-state index in [2.05, 4.69) is 17.9 Å². The maximum Gasteiger partial charge on any atom is 0.0669 e. The summed E-state index contributed by atoms with van der Waals surface area (Å²) in [5.41, 5.74) is 0. The Bertz CT molecular complexity index is 223. The molecule has 2 aliphatic rings. The van der Waals surface area contributed by atoms with Gasteiger partial charge in [0.1, 0.15) is 0 Å². The van der Waals surface area contributed by atoms with Crippen LogP contribution in [-0.2, 0) is 0 Å². The molecule has 0 bridgehead atoms. The molecule has 0 radical (unpaired) electrons. The summed E-state index contributed by atoms with van der Waals surface area (Å²) in [4.78, 5) is 2.56. The molecule has 0 amide bonds. The molecule has 78 valence electrons. The highest BCUT2D eigenvalue weighted by Gasteiger charge is 2.29. The summed E-state index contributed by atoms with van der Waals surface area (Å²) >= 11 is 0. The fraction of sp³-hybridized carbons (Fsp3) is 0.917. The first-order valence-electron chi connectivity index (χ1n) is 5.93. The summed E-state index contributed by atoms with van der Waals surface area (Å²) < 4.78 is 0. The van der Waals surface area contributed by atoms with Crippen LogP contribution in [-0.4, -0.2) is 24.0 Å². The normalized spacial score (nSPS) is 39.6. The zero-order valence-electron chi connectivity index (χ0n) is 9.08. The highest BCUT2D eigenvalue weighted by atomic mass is 15.2. The summed E-state index contributed by atoms with van der Waals surface area (Å²) in [5.74, 6) is 1.25. The standard InChI is InChI=1S/C12H20N2/c1-10-2-4-12(5-3-10)14-7-6-11(8-13)9-14/h10-12H,2-7,9H2,1H3. The van der Waals surface area contributed by atoms with Crippen molar-refractivity contribution in [3.8, 4) is 6.07 Å². The molecule has 0 aromatic carbocycles. The minimum Gasteiger partial charge on any atom is -0.299 e. The highest BCUT2D eigenvalue weighted by molar-refractivity contribution is 4.93. The average Bonchev–Trinajstić information content (AvgIpc) is 2.67. The van der Waals surface area contributed by atoms with Crippen molar-refractivity contribution in [1.82, 2.24) is 4.90 Å². The summed E-state index contributed by atoms with van der Waals surface area (Å²) in [5, 5.41) is 8.85. The lowest BCUT2D eigenvalue weighted by Gasteiger charge is -2.33. The van der Waals surface area contributed by atoms with Crippen molar-refractivity contribution >= 4 is 0 Å². The van der Waals surface area contributed by atoms with E-state index in [0.29, 0.717) is 5.92 Å². The fourth-order valence-electron chi connectivity index (χ4n) is 2.83. The number of hydrogen-bond acceptors (Lipinski definition) is 2. The topological polar surface area (TPSA) is 27.0 Å². The third kappa shape index (κ3) is 2.09. The largest absolute Gasteiger partial charge is 0.299 e. The van der Waals surface area contributed by atoms with Gasteiger partial charge in [-0.3, -0.25) is 4.90 Å². The van der Waals surface area contributed by atoms with E-state index in [1.54, 1.807) is 0 Å². The number of rotatable bonds is 1. The molecule has 14 heavy (non-hydrogen) atoms. The highest BCUT2D eigenvalue weighted by Crippen LogP contribution is 2.30. The van der Waals surface area contributed by atoms with E-state index >= 15 is 0 Å². The molecule has 0 aromatic rings. The van der Waals surface area contributed by atoms with Gasteiger partial charge < -0.3 is 0 Å². The van der Waals surface area contributed by atoms with E-state index in [0.717, 1.165) is 31.5 Å². The van der Waals surface area contributed by atoms with Crippen LogP contribution in [0.25, 0.3) is 0 Å². The van der Waals surface area contributed by atoms with E-state index in [9.17, 15) is 0 Å². The molecule has 1 aliphatic heterocycles. The van der Waals surface area contributed by atoms with Gasteiger partial charge in [0, 0.05) is 12.6 Å². The Hall–Kier alpha value is -0.550. The maximum absolute atomic E-state index is 8.85. The smallest absolute Gasteiger partial charge is 0.0669 e. The van der Waals surface area contributed by atoms with Gasteiger partial charge in [-0.25, -0.2) is 0 Å². The van der Waals surface area contributed by atoms with Crippen LogP contribution in [0.5, 0.6) is 0 Å². The van der Waals surface area contributed by atoms with Crippen LogP contribution in [0.15, 0.2) is 0 Å².